The molecule has 0 saturated heterocycles. The SMILES string of the molecule is Cl.NCC(=O)c1ccsn1. The quantitative estimate of drug-likeness (QED) is 0.679. The maximum atomic E-state index is 10.7. The van der Waals surface area contributed by atoms with E-state index in [4.69, 9.17) is 5.73 Å². The summed E-state index contributed by atoms with van der Waals surface area (Å²) >= 11 is 1.26. The summed E-state index contributed by atoms with van der Waals surface area (Å²) in [6.07, 6.45) is 0. The minimum absolute atomic E-state index is 0. The van der Waals surface area contributed by atoms with Gasteiger partial charge in [0.15, 0.2) is 5.78 Å². The zero-order chi connectivity index (χ0) is 6.69. The predicted octanol–water partition coefficient (Wildman–Crippen LogP) is 0.706. The van der Waals surface area contributed by atoms with E-state index in [2.05, 4.69) is 4.37 Å². The van der Waals surface area contributed by atoms with Gasteiger partial charge in [0.2, 0.25) is 0 Å². The van der Waals surface area contributed by atoms with Crippen LogP contribution in [0.2, 0.25) is 0 Å². The van der Waals surface area contributed by atoms with Gasteiger partial charge < -0.3 is 5.73 Å². The lowest BCUT2D eigenvalue weighted by atomic mass is 10.3. The summed E-state index contributed by atoms with van der Waals surface area (Å²) < 4.78 is 3.80. The van der Waals surface area contributed by atoms with Crippen molar-refractivity contribution in [3.8, 4) is 0 Å². The Hall–Kier alpha value is -0.450. The lowest BCUT2D eigenvalue weighted by Crippen LogP contribution is -2.13. The van der Waals surface area contributed by atoms with Crippen molar-refractivity contribution in [3.63, 3.8) is 0 Å². The van der Waals surface area contributed by atoms with E-state index in [0.717, 1.165) is 0 Å². The molecule has 2 N–H and O–H groups in total. The van der Waals surface area contributed by atoms with Crippen molar-refractivity contribution >= 4 is 29.7 Å². The van der Waals surface area contributed by atoms with Crippen molar-refractivity contribution in [2.45, 2.75) is 0 Å². The van der Waals surface area contributed by atoms with Crippen LogP contribution in [0, 0.1) is 0 Å². The fraction of sp³-hybridized carbons (Fsp3) is 0.200. The van der Waals surface area contributed by atoms with E-state index < -0.39 is 0 Å². The molecule has 5 heteroatoms. The average molecular weight is 179 g/mol. The van der Waals surface area contributed by atoms with Crippen LogP contribution >= 0.6 is 23.9 Å². The molecule has 1 heterocycles. The van der Waals surface area contributed by atoms with Gasteiger partial charge in [-0.1, -0.05) is 0 Å². The second-order valence-electron chi connectivity index (χ2n) is 1.51. The zero-order valence-electron chi connectivity index (χ0n) is 5.11. The van der Waals surface area contributed by atoms with Gasteiger partial charge in [0.25, 0.3) is 0 Å². The van der Waals surface area contributed by atoms with Crippen LogP contribution in [0.1, 0.15) is 10.5 Å². The molecule has 0 bridgehead atoms. The number of Topliss-reactive ketones (excluding diaryl/α,β-unsaturated/α-hetero) is 1. The zero-order valence-corrected chi connectivity index (χ0v) is 6.74. The third kappa shape index (κ3) is 2.06. The topological polar surface area (TPSA) is 56.0 Å². The molecule has 56 valence electrons. The van der Waals surface area contributed by atoms with Crippen molar-refractivity contribution in [3.05, 3.63) is 17.1 Å². The molecule has 1 aromatic rings. The standard InChI is InChI=1S/C5H6N2OS.ClH/c6-3-5(8)4-1-2-9-7-4;/h1-2H,3,6H2;1H. The van der Waals surface area contributed by atoms with E-state index in [1.54, 1.807) is 11.4 Å². The second kappa shape index (κ2) is 4.38. The number of rotatable bonds is 2. The fourth-order valence-electron chi connectivity index (χ4n) is 0.461. The number of ketones is 1. The molecule has 0 unspecified atom stereocenters. The van der Waals surface area contributed by atoms with Crippen molar-refractivity contribution in [2.75, 3.05) is 6.54 Å². The van der Waals surface area contributed by atoms with Gasteiger partial charge in [-0.15, -0.1) is 12.4 Å². The first-order valence-electron chi connectivity index (χ1n) is 2.48. The first kappa shape index (κ1) is 9.55. The summed E-state index contributed by atoms with van der Waals surface area (Å²) in [5.74, 6) is -0.101. The molecular formula is C5H7ClN2OS. The van der Waals surface area contributed by atoms with Gasteiger partial charge in [0, 0.05) is 5.38 Å². The molecule has 0 fully saturated rings. The first-order valence-corrected chi connectivity index (χ1v) is 3.32. The Kier molecular flexibility index (Phi) is 4.18. The highest BCUT2D eigenvalue weighted by molar-refractivity contribution is 7.03. The number of aromatic nitrogens is 1. The minimum atomic E-state index is -0.101. The summed E-state index contributed by atoms with van der Waals surface area (Å²) in [5, 5.41) is 1.75. The van der Waals surface area contributed by atoms with E-state index in [-0.39, 0.29) is 24.7 Å². The lowest BCUT2D eigenvalue weighted by Gasteiger charge is -1.85. The number of hydrogen-bond acceptors (Lipinski definition) is 4. The Bertz CT molecular complexity index is 199. The molecule has 0 saturated carbocycles. The van der Waals surface area contributed by atoms with Gasteiger partial charge in [0.1, 0.15) is 5.69 Å². The normalized spacial score (nSPS) is 8.50. The highest BCUT2D eigenvalue weighted by Crippen LogP contribution is 1.98. The number of hydrogen-bond donors (Lipinski definition) is 1. The molecule has 3 nitrogen and oxygen atoms in total. The molecule has 10 heavy (non-hydrogen) atoms. The summed E-state index contributed by atoms with van der Waals surface area (Å²) in [5.41, 5.74) is 5.55. The molecule has 1 rings (SSSR count). The Balaban J connectivity index is 0.000000810. The van der Waals surface area contributed by atoms with Crippen LogP contribution in [0.15, 0.2) is 11.4 Å². The van der Waals surface area contributed by atoms with E-state index in [0.29, 0.717) is 5.69 Å². The largest absolute Gasteiger partial charge is 0.324 e. The number of carbonyl (C=O) groups excluding carboxylic acids is 1. The van der Waals surface area contributed by atoms with Gasteiger partial charge in [-0.05, 0) is 17.6 Å². The molecule has 0 radical (unpaired) electrons. The Labute approximate surface area is 68.8 Å². The summed E-state index contributed by atoms with van der Waals surface area (Å²) in [7, 11) is 0. The highest BCUT2D eigenvalue weighted by atomic mass is 35.5. The highest BCUT2D eigenvalue weighted by Gasteiger charge is 2.02. The maximum absolute atomic E-state index is 10.7. The molecule has 0 aromatic carbocycles. The van der Waals surface area contributed by atoms with E-state index >= 15 is 0 Å². The lowest BCUT2D eigenvalue weighted by molar-refractivity contribution is 0.0998. The number of nitrogens with two attached hydrogens (primary N) is 1. The summed E-state index contributed by atoms with van der Waals surface area (Å²) in [4.78, 5) is 10.7. The van der Waals surface area contributed by atoms with Gasteiger partial charge >= 0.3 is 0 Å². The van der Waals surface area contributed by atoms with Crippen LogP contribution in [0.5, 0.6) is 0 Å². The molecule has 0 amide bonds. The van der Waals surface area contributed by atoms with Crippen LogP contribution in [0.25, 0.3) is 0 Å². The Morgan fingerprint density at radius 3 is 2.90 bits per heavy atom. The second-order valence-corrected chi connectivity index (χ2v) is 2.18. The molecular weight excluding hydrogens is 172 g/mol. The van der Waals surface area contributed by atoms with Gasteiger partial charge in [-0.2, -0.15) is 4.37 Å². The predicted molar refractivity (Wildman–Crippen MR) is 42.7 cm³/mol. The Morgan fingerprint density at radius 2 is 2.50 bits per heavy atom. The van der Waals surface area contributed by atoms with E-state index in [1.165, 1.54) is 11.5 Å². The minimum Gasteiger partial charge on any atom is -0.324 e. The molecule has 0 atom stereocenters. The van der Waals surface area contributed by atoms with Crippen molar-refractivity contribution in [2.24, 2.45) is 5.73 Å². The maximum Gasteiger partial charge on any atom is 0.195 e. The number of nitrogens with zero attached hydrogens (tertiary/aromatic N) is 1. The number of carbonyl (C=O) groups is 1. The number of halogens is 1. The molecule has 0 aliphatic heterocycles. The van der Waals surface area contributed by atoms with E-state index in [1.807, 2.05) is 0 Å². The molecule has 0 aliphatic rings. The monoisotopic (exact) mass is 178 g/mol. The molecule has 0 aliphatic carbocycles. The van der Waals surface area contributed by atoms with Crippen LogP contribution in [0.4, 0.5) is 0 Å². The summed E-state index contributed by atoms with van der Waals surface area (Å²) in [6, 6.07) is 1.67. The van der Waals surface area contributed by atoms with Gasteiger partial charge in [0.05, 0.1) is 6.54 Å². The fourth-order valence-corrected chi connectivity index (χ4v) is 0.988. The Morgan fingerprint density at radius 1 is 1.80 bits per heavy atom. The van der Waals surface area contributed by atoms with Crippen molar-refractivity contribution in [1.29, 1.82) is 0 Å². The van der Waals surface area contributed by atoms with Crippen LogP contribution in [0.3, 0.4) is 0 Å². The average Bonchev–Trinajstić information content (AvgIpc) is 2.37. The smallest absolute Gasteiger partial charge is 0.195 e. The van der Waals surface area contributed by atoms with Crippen LogP contribution in [-0.2, 0) is 0 Å². The van der Waals surface area contributed by atoms with Gasteiger partial charge in [-0.25, -0.2) is 0 Å². The third-order valence-electron chi connectivity index (χ3n) is 0.909. The van der Waals surface area contributed by atoms with Crippen molar-refractivity contribution in [1.82, 2.24) is 4.37 Å². The van der Waals surface area contributed by atoms with Crippen LogP contribution < -0.4 is 5.73 Å². The van der Waals surface area contributed by atoms with Gasteiger partial charge in [-0.3, -0.25) is 4.79 Å². The molecule has 0 spiro atoms. The first-order chi connectivity index (χ1) is 4.34. The van der Waals surface area contributed by atoms with E-state index in [9.17, 15) is 4.79 Å². The third-order valence-corrected chi connectivity index (χ3v) is 1.47. The molecule has 1 aromatic heterocycles. The van der Waals surface area contributed by atoms with Crippen LogP contribution in [-0.4, -0.2) is 16.7 Å². The van der Waals surface area contributed by atoms with Crippen molar-refractivity contribution < 1.29 is 4.79 Å². The summed E-state index contributed by atoms with van der Waals surface area (Å²) in [6.45, 7) is 0.0454.